The van der Waals surface area contributed by atoms with Gasteiger partial charge in [0, 0.05) is 5.69 Å². The van der Waals surface area contributed by atoms with Crippen molar-refractivity contribution in [3.63, 3.8) is 0 Å². The lowest BCUT2D eigenvalue weighted by molar-refractivity contribution is 0.331. The number of nitrogens with one attached hydrogen (secondary N) is 1. The van der Waals surface area contributed by atoms with Gasteiger partial charge in [-0.15, -0.1) is 0 Å². The van der Waals surface area contributed by atoms with Crippen molar-refractivity contribution in [2.45, 2.75) is 27.3 Å². The lowest BCUT2D eigenvalue weighted by Gasteiger charge is -2.18. The normalized spacial score (nSPS) is 10.6. The van der Waals surface area contributed by atoms with Gasteiger partial charge in [0.15, 0.2) is 0 Å². The molecule has 0 fully saturated rings. The van der Waals surface area contributed by atoms with E-state index in [1.807, 2.05) is 67.8 Å². The van der Waals surface area contributed by atoms with Crippen molar-refractivity contribution in [1.29, 1.82) is 0 Å². The fourth-order valence-electron chi connectivity index (χ4n) is 2.99. The van der Waals surface area contributed by atoms with Crippen LogP contribution in [-0.2, 0) is 6.54 Å². The third kappa shape index (κ3) is 4.34. The zero-order valence-corrected chi connectivity index (χ0v) is 16.7. The maximum absolute atomic E-state index is 12.4. The fourth-order valence-corrected chi connectivity index (χ4v) is 2.99. The van der Waals surface area contributed by atoms with E-state index in [0.29, 0.717) is 19.1 Å². The number of rotatable bonds is 7. The van der Waals surface area contributed by atoms with Crippen molar-refractivity contribution < 1.29 is 9.47 Å². The molecule has 0 aliphatic heterocycles. The van der Waals surface area contributed by atoms with E-state index in [4.69, 9.17) is 9.47 Å². The number of aromatic nitrogens is 2. The zero-order valence-electron chi connectivity index (χ0n) is 16.7. The molecule has 146 valence electrons. The predicted molar refractivity (Wildman–Crippen MR) is 111 cm³/mol. The second-order valence-electron chi connectivity index (χ2n) is 6.54. The first-order valence-corrected chi connectivity index (χ1v) is 9.22. The van der Waals surface area contributed by atoms with Crippen LogP contribution >= 0.6 is 0 Å². The minimum absolute atomic E-state index is 0.242. The first-order chi connectivity index (χ1) is 13.5. The Labute approximate surface area is 164 Å². The summed E-state index contributed by atoms with van der Waals surface area (Å²) in [6.45, 7) is 6.78. The average Bonchev–Trinajstić information content (AvgIpc) is 2.68. The van der Waals surface area contributed by atoms with Gasteiger partial charge in [0.25, 0.3) is 0 Å². The monoisotopic (exact) mass is 379 g/mol. The molecule has 6 heteroatoms. The van der Waals surface area contributed by atoms with Crippen LogP contribution in [0.1, 0.15) is 23.6 Å². The fraction of sp³-hybridized carbons (Fsp3) is 0.273. The van der Waals surface area contributed by atoms with Crippen LogP contribution in [0.2, 0.25) is 0 Å². The van der Waals surface area contributed by atoms with Gasteiger partial charge in [-0.3, -0.25) is 4.79 Å². The molecule has 0 unspecified atom stereocenters. The molecule has 0 bridgehead atoms. The van der Waals surface area contributed by atoms with Gasteiger partial charge in [-0.05, 0) is 49.6 Å². The molecule has 3 rings (SSSR count). The van der Waals surface area contributed by atoms with Crippen molar-refractivity contribution in [3.8, 4) is 11.5 Å². The number of benzene rings is 2. The van der Waals surface area contributed by atoms with Crippen molar-refractivity contribution in [2.24, 2.45) is 0 Å². The molecular weight excluding hydrogens is 354 g/mol. The van der Waals surface area contributed by atoms with Gasteiger partial charge in [-0.2, -0.15) is 4.98 Å². The van der Waals surface area contributed by atoms with E-state index in [0.717, 1.165) is 28.1 Å². The number of nitrogens with zero attached hydrogens (tertiary/aromatic N) is 2. The summed E-state index contributed by atoms with van der Waals surface area (Å²) in [5, 5.41) is 3.30. The largest absolute Gasteiger partial charge is 0.496 e. The number of ether oxygens (including phenoxy) is 2. The highest BCUT2D eigenvalue weighted by Crippen LogP contribution is 2.28. The quantitative estimate of drug-likeness (QED) is 0.671. The Balaban J connectivity index is 2.03. The number of methoxy groups -OCH3 is 1. The first kappa shape index (κ1) is 19.5. The van der Waals surface area contributed by atoms with Crippen molar-refractivity contribution in [3.05, 3.63) is 75.7 Å². The smallest absolute Gasteiger partial charge is 0.316 e. The van der Waals surface area contributed by atoms with Crippen LogP contribution in [0.25, 0.3) is 0 Å². The maximum atomic E-state index is 12.4. The minimum atomic E-state index is -0.392. The summed E-state index contributed by atoms with van der Waals surface area (Å²) in [5.41, 5.74) is 3.57. The Kier molecular flexibility index (Phi) is 5.99. The van der Waals surface area contributed by atoms with Crippen molar-refractivity contribution in [2.75, 3.05) is 19.0 Å². The predicted octanol–water partition coefficient (Wildman–Crippen LogP) is 4.06. The first-order valence-electron chi connectivity index (χ1n) is 9.22. The number of hydrogen-bond donors (Lipinski definition) is 1. The molecule has 3 aromatic rings. The van der Waals surface area contributed by atoms with Crippen LogP contribution in [-0.4, -0.2) is 23.3 Å². The molecule has 0 amide bonds. The SMILES string of the molecule is CCOc1cn(Cc2ccccc2)c(Nc2cc(C)c(OC)cc2C)nc1=O. The maximum Gasteiger partial charge on any atom is 0.316 e. The number of anilines is 2. The molecule has 0 aliphatic carbocycles. The van der Waals surface area contributed by atoms with Gasteiger partial charge >= 0.3 is 5.56 Å². The lowest BCUT2D eigenvalue weighted by Crippen LogP contribution is -2.19. The molecule has 2 aromatic carbocycles. The van der Waals surface area contributed by atoms with Gasteiger partial charge in [-0.1, -0.05) is 30.3 Å². The molecule has 28 heavy (non-hydrogen) atoms. The van der Waals surface area contributed by atoms with Gasteiger partial charge in [-0.25, -0.2) is 0 Å². The molecule has 6 nitrogen and oxygen atoms in total. The third-order valence-electron chi connectivity index (χ3n) is 4.45. The molecule has 0 atom stereocenters. The minimum Gasteiger partial charge on any atom is -0.496 e. The molecule has 0 saturated carbocycles. The molecule has 0 spiro atoms. The van der Waals surface area contributed by atoms with Crippen LogP contribution < -0.4 is 20.3 Å². The Morgan fingerprint density at radius 2 is 1.82 bits per heavy atom. The second kappa shape index (κ2) is 8.61. The van der Waals surface area contributed by atoms with Crippen LogP contribution in [0.15, 0.2) is 53.5 Å². The van der Waals surface area contributed by atoms with Crippen molar-refractivity contribution in [1.82, 2.24) is 9.55 Å². The van der Waals surface area contributed by atoms with Crippen LogP contribution in [0.4, 0.5) is 11.6 Å². The molecule has 1 N–H and O–H groups in total. The van der Waals surface area contributed by atoms with E-state index in [2.05, 4.69) is 10.3 Å². The summed E-state index contributed by atoms with van der Waals surface area (Å²) in [6, 6.07) is 14.0. The standard InChI is InChI=1S/C22H25N3O3/c1-5-28-20-14-25(13-17-9-7-6-8-10-17)22(24-21(20)26)23-18-11-16(3)19(27-4)12-15(18)2/h6-12,14H,5,13H2,1-4H3,(H,23,24,26). The van der Waals surface area contributed by atoms with E-state index in [-0.39, 0.29) is 5.75 Å². The summed E-state index contributed by atoms with van der Waals surface area (Å²) < 4.78 is 12.7. The molecule has 0 saturated heterocycles. The van der Waals surface area contributed by atoms with Crippen molar-refractivity contribution >= 4 is 11.6 Å². The Morgan fingerprint density at radius 3 is 2.50 bits per heavy atom. The zero-order chi connectivity index (χ0) is 20.1. The number of aryl methyl sites for hydroxylation is 2. The van der Waals surface area contributed by atoms with Crippen LogP contribution in [0.5, 0.6) is 11.5 Å². The highest BCUT2D eigenvalue weighted by Gasteiger charge is 2.12. The highest BCUT2D eigenvalue weighted by atomic mass is 16.5. The molecule has 1 aromatic heterocycles. The van der Waals surface area contributed by atoms with Gasteiger partial charge in [0.1, 0.15) is 5.75 Å². The molecule has 0 radical (unpaired) electrons. The van der Waals surface area contributed by atoms with E-state index >= 15 is 0 Å². The Bertz CT molecular complexity index is 1010. The molecular formula is C22H25N3O3. The van der Waals surface area contributed by atoms with E-state index in [1.165, 1.54) is 0 Å². The summed E-state index contributed by atoms with van der Waals surface area (Å²) in [6.07, 6.45) is 1.71. The van der Waals surface area contributed by atoms with E-state index in [9.17, 15) is 4.79 Å². The van der Waals surface area contributed by atoms with Crippen LogP contribution in [0, 0.1) is 13.8 Å². The van der Waals surface area contributed by atoms with Gasteiger partial charge in [0.2, 0.25) is 11.7 Å². The highest BCUT2D eigenvalue weighted by molar-refractivity contribution is 5.62. The average molecular weight is 379 g/mol. The number of hydrogen-bond acceptors (Lipinski definition) is 5. The van der Waals surface area contributed by atoms with E-state index in [1.54, 1.807) is 13.3 Å². The molecule has 1 heterocycles. The Morgan fingerprint density at radius 1 is 1.07 bits per heavy atom. The summed E-state index contributed by atoms with van der Waals surface area (Å²) in [5.74, 6) is 1.53. The second-order valence-corrected chi connectivity index (χ2v) is 6.54. The molecule has 0 aliphatic rings. The summed E-state index contributed by atoms with van der Waals surface area (Å²) in [4.78, 5) is 16.6. The van der Waals surface area contributed by atoms with Crippen LogP contribution in [0.3, 0.4) is 0 Å². The Hall–Kier alpha value is -3.28. The van der Waals surface area contributed by atoms with E-state index < -0.39 is 5.56 Å². The summed E-state index contributed by atoms with van der Waals surface area (Å²) >= 11 is 0. The summed E-state index contributed by atoms with van der Waals surface area (Å²) in [7, 11) is 1.65. The van der Waals surface area contributed by atoms with Gasteiger partial charge < -0.3 is 19.4 Å². The topological polar surface area (TPSA) is 65.4 Å². The third-order valence-corrected chi connectivity index (χ3v) is 4.45. The lowest BCUT2D eigenvalue weighted by atomic mass is 10.1. The van der Waals surface area contributed by atoms with Gasteiger partial charge in [0.05, 0.1) is 26.5 Å².